The Kier molecular flexibility index (Phi) is 8.23. The molecule has 1 N–H and O–H groups in total. The largest absolute Gasteiger partial charge is 0.497 e. The summed E-state index contributed by atoms with van der Waals surface area (Å²) in [6.07, 6.45) is 0. The summed E-state index contributed by atoms with van der Waals surface area (Å²) in [5.41, 5.74) is 0.342. The van der Waals surface area contributed by atoms with Crippen molar-refractivity contribution < 1.29 is 28.2 Å². The lowest BCUT2D eigenvalue weighted by Crippen LogP contribution is -2.12. The van der Waals surface area contributed by atoms with E-state index in [-0.39, 0.29) is 25.0 Å². The molecule has 0 aromatic heterocycles. The van der Waals surface area contributed by atoms with E-state index in [1.807, 2.05) is 27.7 Å². The molecule has 0 unspecified atom stereocenters. The van der Waals surface area contributed by atoms with Gasteiger partial charge in [0.25, 0.3) is 0 Å². The number of rotatable bonds is 10. The van der Waals surface area contributed by atoms with Crippen molar-refractivity contribution in [3.05, 3.63) is 23.8 Å². The molecule has 0 aliphatic heterocycles. The minimum Gasteiger partial charge on any atom is -0.497 e. The lowest BCUT2D eigenvalue weighted by molar-refractivity contribution is 0.123. The van der Waals surface area contributed by atoms with Gasteiger partial charge in [0.15, 0.2) is 5.85 Å². The van der Waals surface area contributed by atoms with E-state index in [2.05, 4.69) is 0 Å². The summed E-state index contributed by atoms with van der Waals surface area (Å²) in [5.74, 6) is -0.181. The van der Waals surface area contributed by atoms with Crippen LogP contribution in [0.1, 0.15) is 39.1 Å². The second kappa shape index (κ2) is 9.42. The average molecular weight is 360 g/mol. The van der Waals surface area contributed by atoms with Crippen LogP contribution >= 0.6 is 7.60 Å². The molecule has 0 aliphatic carbocycles. The maximum atomic E-state index is 13.2. The fraction of sp³-hybridized carbons (Fsp3) is 0.647. The van der Waals surface area contributed by atoms with Crippen molar-refractivity contribution in [1.29, 1.82) is 0 Å². The van der Waals surface area contributed by atoms with Crippen molar-refractivity contribution in [3.8, 4) is 11.5 Å². The Morgan fingerprint density at radius 2 is 1.54 bits per heavy atom. The molecule has 0 saturated heterocycles. The van der Waals surface area contributed by atoms with Crippen LogP contribution in [0, 0.1) is 11.8 Å². The highest BCUT2D eigenvalue weighted by molar-refractivity contribution is 7.54. The highest BCUT2D eigenvalue weighted by Gasteiger charge is 2.38. The summed E-state index contributed by atoms with van der Waals surface area (Å²) in [7, 11) is -0.762. The molecule has 6 nitrogen and oxygen atoms in total. The Balaban J connectivity index is 3.14. The third kappa shape index (κ3) is 5.78. The van der Waals surface area contributed by atoms with Crippen molar-refractivity contribution in [2.24, 2.45) is 11.8 Å². The quantitative estimate of drug-likeness (QED) is 0.629. The molecule has 138 valence electrons. The van der Waals surface area contributed by atoms with E-state index in [4.69, 9.17) is 18.5 Å². The molecule has 0 bridgehead atoms. The Bertz CT molecular complexity index is 542. The Morgan fingerprint density at radius 1 is 1.00 bits per heavy atom. The number of benzene rings is 1. The van der Waals surface area contributed by atoms with E-state index in [0.717, 1.165) is 0 Å². The van der Waals surface area contributed by atoms with E-state index in [1.54, 1.807) is 18.2 Å². The Labute approximate surface area is 144 Å². The molecule has 0 saturated carbocycles. The van der Waals surface area contributed by atoms with E-state index in [0.29, 0.717) is 17.1 Å². The summed E-state index contributed by atoms with van der Waals surface area (Å²) < 4.78 is 34.6. The van der Waals surface area contributed by atoms with Gasteiger partial charge in [0, 0.05) is 11.6 Å². The number of ether oxygens (including phenoxy) is 2. The topological polar surface area (TPSA) is 74.2 Å². The van der Waals surface area contributed by atoms with Crippen LogP contribution in [0.5, 0.6) is 11.5 Å². The van der Waals surface area contributed by atoms with Gasteiger partial charge in [-0.3, -0.25) is 4.57 Å². The van der Waals surface area contributed by atoms with Crippen molar-refractivity contribution in [1.82, 2.24) is 0 Å². The lowest BCUT2D eigenvalue weighted by atomic mass is 10.2. The monoisotopic (exact) mass is 360 g/mol. The maximum Gasteiger partial charge on any atom is 0.363 e. The number of aliphatic hydroxyl groups is 1. The van der Waals surface area contributed by atoms with Crippen LogP contribution in [0.2, 0.25) is 0 Å². The van der Waals surface area contributed by atoms with Gasteiger partial charge in [-0.1, -0.05) is 27.7 Å². The molecule has 1 aromatic rings. The highest BCUT2D eigenvalue weighted by atomic mass is 31.2. The van der Waals surface area contributed by atoms with Crippen LogP contribution in [-0.4, -0.2) is 32.5 Å². The van der Waals surface area contributed by atoms with Crippen LogP contribution in [-0.2, 0) is 13.6 Å². The smallest absolute Gasteiger partial charge is 0.363 e. The Morgan fingerprint density at radius 3 is 1.96 bits per heavy atom. The van der Waals surface area contributed by atoms with Gasteiger partial charge in [-0.15, -0.1) is 0 Å². The van der Waals surface area contributed by atoms with E-state index >= 15 is 0 Å². The number of methoxy groups -OCH3 is 2. The molecule has 7 heteroatoms. The number of hydrogen-bond donors (Lipinski definition) is 1. The van der Waals surface area contributed by atoms with Crippen molar-refractivity contribution >= 4 is 7.60 Å². The fourth-order valence-electron chi connectivity index (χ4n) is 1.89. The average Bonchev–Trinajstić information content (AvgIpc) is 2.56. The van der Waals surface area contributed by atoms with Crippen LogP contribution < -0.4 is 9.47 Å². The third-order valence-electron chi connectivity index (χ3n) is 3.19. The number of hydrogen-bond acceptors (Lipinski definition) is 6. The van der Waals surface area contributed by atoms with E-state index in [9.17, 15) is 9.67 Å². The van der Waals surface area contributed by atoms with Crippen molar-refractivity contribution in [2.75, 3.05) is 27.4 Å². The molecular weight excluding hydrogens is 331 g/mol. The second-order valence-corrected chi connectivity index (χ2v) is 8.49. The minimum absolute atomic E-state index is 0.158. The van der Waals surface area contributed by atoms with Crippen molar-refractivity contribution in [2.45, 2.75) is 33.5 Å². The zero-order valence-corrected chi connectivity index (χ0v) is 16.2. The van der Waals surface area contributed by atoms with Crippen LogP contribution in [0.25, 0.3) is 0 Å². The standard InChI is InChI=1S/C17H29O6P/c1-12(2)10-22-24(19,23-11-13(3)4)17(18)15-8-7-14(20-5)9-16(15)21-6/h7-9,12-13,17-18H,10-11H2,1-6H3/t17-/m0/s1. The predicted octanol–water partition coefficient (Wildman–Crippen LogP) is 4.23. The van der Waals surface area contributed by atoms with Gasteiger partial charge < -0.3 is 23.6 Å². The van der Waals surface area contributed by atoms with Gasteiger partial charge in [0.1, 0.15) is 11.5 Å². The molecule has 1 aromatic carbocycles. The van der Waals surface area contributed by atoms with Gasteiger partial charge in [-0.2, -0.15) is 0 Å². The molecule has 0 heterocycles. The molecule has 0 spiro atoms. The molecule has 0 amide bonds. The maximum absolute atomic E-state index is 13.2. The Hall–Kier alpha value is -1.07. The molecule has 0 fully saturated rings. The first-order valence-electron chi connectivity index (χ1n) is 8.02. The zero-order chi connectivity index (χ0) is 18.3. The van der Waals surface area contributed by atoms with Gasteiger partial charge in [0.2, 0.25) is 0 Å². The third-order valence-corrected chi connectivity index (χ3v) is 5.09. The summed E-state index contributed by atoms with van der Waals surface area (Å²) >= 11 is 0. The molecular formula is C17H29O6P. The van der Waals surface area contributed by atoms with Gasteiger partial charge in [-0.25, -0.2) is 0 Å². The van der Waals surface area contributed by atoms with Crippen LogP contribution in [0.3, 0.4) is 0 Å². The molecule has 1 rings (SSSR count). The minimum atomic E-state index is -3.77. The first-order valence-corrected chi connectivity index (χ1v) is 9.63. The fourth-order valence-corrected chi connectivity index (χ4v) is 3.81. The van der Waals surface area contributed by atoms with E-state index in [1.165, 1.54) is 14.2 Å². The predicted molar refractivity (Wildman–Crippen MR) is 93.7 cm³/mol. The summed E-state index contributed by atoms with van der Waals surface area (Å²) in [6.45, 7) is 8.20. The highest BCUT2D eigenvalue weighted by Crippen LogP contribution is 2.61. The second-order valence-electron chi connectivity index (χ2n) is 6.40. The van der Waals surface area contributed by atoms with Crippen LogP contribution in [0.4, 0.5) is 0 Å². The van der Waals surface area contributed by atoms with Crippen LogP contribution in [0.15, 0.2) is 18.2 Å². The normalized spacial score (nSPS) is 13.4. The zero-order valence-electron chi connectivity index (χ0n) is 15.3. The van der Waals surface area contributed by atoms with Crippen molar-refractivity contribution in [3.63, 3.8) is 0 Å². The molecule has 24 heavy (non-hydrogen) atoms. The first kappa shape index (κ1) is 21.0. The molecule has 0 radical (unpaired) electrons. The van der Waals surface area contributed by atoms with E-state index < -0.39 is 13.4 Å². The van der Waals surface area contributed by atoms with Gasteiger partial charge >= 0.3 is 7.60 Å². The summed E-state index contributed by atoms with van der Waals surface area (Å²) in [4.78, 5) is 0. The molecule has 1 atom stereocenters. The lowest BCUT2D eigenvalue weighted by Gasteiger charge is -2.26. The summed E-state index contributed by atoms with van der Waals surface area (Å²) in [5, 5.41) is 10.7. The number of aliphatic hydroxyl groups excluding tert-OH is 1. The molecule has 0 aliphatic rings. The van der Waals surface area contributed by atoms with Gasteiger partial charge in [0.05, 0.1) is 27.4 Å². The first-order chi connectivity index (χ1) is 11.2. The SMILES string of the molecule is COc1ccc([C@@H](O)P(=O)(OCC(C)C)OCC(C)C)c(OC)c1. The van der Waals surface area contributed by atoms with Gasteiger partial charge in [-0.05, 0) is 24.0 Å². The summed E-state index contributed by atoms with van der Waals surface area (Å²) in [6, 6.07) is 4.89.